The average molecular weight is 363 g/mol. The summed E-state index contributed by atoms with van der Waals surface area (Å²) < 4.78 is 5.44. The third-order valence-corrected chi connectivity index (χ3v) is 6.38. The number of likely N-dealkylation sites (tertiary alicyclic amines) is 1. The number of rotatable bonds is 5. The Labute approximate surface area is 152 Å². The third-order valence-electron chi connectivity index (χ3n) is 5.21. The van der Waals surface area contributed by atoms with Crippen LogP contribution < -0.4 is 0 Å². The van der Waals surface area contributed by atoms with Gasteiger partial charge in [0, 0.05) is 31.2 Å². The molecule has 0 radical (unpaired) electrons. The van der Waals surface area contributed by atoms with Crippen molar-refractivity contribution in [2.24, 2.45) is 11.8 Å². The number of ether oxygens (including phenoxy) is 1. The zero-order chi connectivity index (χ0) is 17.8. The summed E-state index contributed by atoms with van der Waals surface area (Å²) in [6.45, 7) is 4.90. The molecule has 1 N–H and O–H groups in total. The molecule has 1 aromatic rings. The first-order valence-corrected chi connectivity index (χ1v) is 9.79. The standard InChI is InChI=1S/C19H25NO4S/c1-13(19(22)23)25-17-5-3-2-4-16(17)18(21)20-9-6-15(12-20)14-7-10-24-11-8-14/h2-5,13-15H,6-12H2,1H3,(H,22,23). The lowest BCUT2D eigenvalue weighted by Gasteiger charge is -2.27. The molecular formula is C19H25NO4S. The second kappa shape index (κ2) is 8.23. The Bertz CT molecular complexity index is 630. The van der Waals surface area contributed by atoms with Gasteiger partial charge >= 0.3 is 5.97 Å². The summed E-state index contributed by atoms with van der Waals surface area (Å²) >= 11 is 1.23. The van der Waals surface area contributed by atoms with Gasteiger partial charge in [-0.3, -0.25) is 9.59 Å². The van der Waals surface area contributed by atoms with E-state index in [1.54, 1.807) is 13.0 Å². The van der Waals surface area contributed by atoms with Crippen molar-refractivity contribution in [2.45, 2.75) is 36.3 Å². The topological polar surface area (TPSA) is 66.8 Å². The van der Waals surface area contributed by atoms with Gasteiger partial charge in [-0.25, -0.2) is 0 Å². The van der Waals surface area contributed by atoms with E-state index >= 15 is 0 Å². The number of carbonyl (C=O) groups is 2. The number of carboxylic acids is 1. The summed E-state index contributed by atoms with van der Waals surface area (Å²) in [7, 11) is 0. The van der Waals surface area contributed by atoms with Gasteiger partial charge in [-0.2, -0.15) is 0 Å². The first-order valence-electron chi connectivity index (χ1n) is 8.91. The Hall–Kier alpha value is -1.53. The van der Waals surface area contributed by atoms with Gasteiger partial charge < -0.3 is 14.7 Å². The molecule has 136 valence electrons. The summed E-state index contributed by atoms with van der Waals surface area (Å²) in [6.07, 6.45) is 3.24. The minimum Gasteiger partial charge on any atom is -0.480 e. The number of benzene rings is 1. The first-order chi connectivity index (χ1) is 12.1. The number of aliphatic carboxylic acids is 1. The molecule has 25 heavy (non-hydrogen) atoms. The molecule has 1 amide bonds. The summed E-state index contributed by atoms with van der Waals surface area (Å²) in [5.41, 5.74) is 0.619. The van der Waals surface area contributed by atoms with E-state index in [0.717, 1.165) is 50.5 Å². The quantitative estimate of drug-likeness (QED) is 0.814. The van der Waals surface area contributed by atoms with E-state index in [-0.39, 0.29) is 5.91 Å². The highest BCUT2D eigenvalue weighted by Crippen LogP contribution is 2.33. The number of hydrogen-bond acceptors (Lipinski definition) is 4. The molecule has 5 nitrogen and oxygen atoms in total. The largest absolute Gasteiger partial charge is 0.480 e. The highest BCUT2D eigenvalue weighted by molar-refractivity contribution is 8.00. The molecule has 3 rings (SSSR count). The van der Waals surface area contributed by atoms with Crippen LogP contribution in [0.4, 0.5) is 0 Å². The normalized spacial score (nSPS) is 22.8. The van der Waals surface area contributed by atoms with Gasteiger partial charge in [-0.1, -0.05) is 12.1 Å². The zero-order valence-corrected chi connectivity index (χ0v) is 15.3. The van der Waals surface area contributed by atoms with E-state index in [1.165, 1.54) is 11.8 Å². The van der Waals surface area contributed by atoms with Crippen LogP contribution >= 0.6 is 11.8 Å². The molecule has 2 saturated heterocycles. The van der Waals surface area contributed by atoms with Crippen molar-refractivity contribution in [3.8, 4) is 0 Å². The van der Waals surface area contributed by atoms with Crippen molar-refractivity contribution in [3.05, 3.63) is 29.8 Å². The molecule has 0 bridgehead atoms. The third kappa shape index (κ3) is 4.36. The van der Waals surface area contributed by atoms with Crippen molar-refractivity contribution < 1.29 is 19.4 Å². The Morgan fingerprint density at radius 3 is 2.64 bits per heavy atom. The summed E-state index contributed by atoms with van der Waals surface area (Å²) in [4.78, 5) is 26.8. The van der Waals surface area contributed by atoms with Crippen LogP contribution in [0.3, 0.4) is 0 Å². The van der Waals surface area contributed by atoms with Crippen LogP contribution in [0.25, 0.3) is 0 Å². The van der Waals surface area contributed by atoms with E-state index in [4.69, 9.17) is 9.84 Å². The number of carboxylic acid groups (broad SMARTS) is 1. The summed E-state index contributed by atoms with van der Waals surface area (Å²) in [5.74, 6) is 0.372. The second-order valence-corrected chi connectivity index (χ2v) is 8.23. The van der Waals surface area contributed by atoms with Crippen molar-refractivity contribution >= 4 is 23.6 Å². The monoisotopic (exact) mass is 363 g/mol. The predicted molar refractivity (Wildman–Crippen MR) is 97.0 cm³/mol. The van der Waals surface area contributed by atoms with Gasteiger partial charge in [0.2, 0.25) is 0 Å². The van der Waals surface area contributed by atoms with E-state index in [0.29, 0.717) is 17.4 Å². The number of carbonyl (C=O) groups excluding carboxylic acids is 1. The molecule has 2 aliphatic heterocycles. The lowest BCUT2D eigenvalue weighted by atomic mass is 9.85. The number of nitrogens with zero attached hydrogens (tertiary/aromatic N) is 1. The molecule has 0 aromatic heterocycles. The van der Waals surface area contributed by atoms with Crippen molar-refractivity contribution in [1.29, 1.82) is 0 Å². The molecule has 2 fully saturated rings. The molecular weight excluding hydrogens is 338 g/mol. The Morgan fingerprint density at radius 2 is 1.92 bits per heavy atom. The van der Waals surface area contributed by atoms with Gasteiger partial charge in [0.15, 0.2) is 0 Å². The first kappa shape index (κ1) is 18.3. The van der Waals surface area contributed by atoms with Crippen LogP contribution in [-0.2, 0) is 9.53 Å². The van der Waals surface area contributed by atoms with Crippen molar-refractivity contribution in [2.75, 3.05) is 26.3 Å². The zero-order valence-electron chi connectivity index (χ0n) is 14.5. The molecule has 2 aliphatic rings. The summed E-state index contributed by atoms with van der Waals surface area (Å²) in [5, 5.41) is 8.56. The predicted octanol–water partition coefficient (Wildman–Crippen LogP) is 3.14. The van der Waals surface area contributed by atoms with Crippen LogP contribution in [0.2, 0.25) is 0 Å². The fourth-order valence-corrected chi connectivity index (χ4v) is 4.62. The number of hydrogen-bond donors (Lipinski definition) is 1. The van der Waals surface area contributed by atoms with Crippen LogP contribution in [0.5, 0.6) is 0 Å². The maximum Gasteiger partial charge on any atom is 0.316 e. The highest BCUT2D eigenvalue weighted by atomic mass is 32.2. The minimum atomic E-state index is -0.868. The summed E-state index contributed by atoms with van der Waals surface area (Å²) in [6, 6.07) is 7.33. The second-order valence-electron chi connectivity index (χ2n) is 6.84. The molecule has 6 heteroatoms. The van der Waals surface area contributed by atoms with Crippen LogP contribution in [0, 0.1) is 11.8 Å². The van der Waals surface area contributed by atoms with Gasteiger partial charge in [-0.05, 0) is 50.2 Å². The molecule has 2 heterocycles. The molecule has 2 unspecified atom stereocenters. The molecule has 2 atom stereocenters. The fraction of sp³-hybridized carbons (Fsp3) is 0.579. The maximum atomic E-state index is 13.0. The van der Waals surface area contributed by atoms with Crippen molar-refractivity contribution in [3.63, 3.8) is 0 Å². The van der Waals surface area contributed by atoms with E-state index in [2.05, 4.69) is 0 Å². The van der Waals surface area contributed by atoms with Gasteiger partial charge in [-0.15, -0.1) is 11.8 Å². The Morgan fingerprint density at radius 1 is 1.20 bits per heavy atom. The van der Waals surface area contributed by atoms with Gasteiger partial charge in [0.05, 0.1) is 5.56 Å². The SMILES string of the molecule is CC(Sc1ccccc1C(=O)N1CCC(C2CCOCC2)C1)C(=O)O. The smallest absolute Gasteiger partial charge is 0.316 e. The lowest BCUT2D eigenvalue weighted by molar-refractivity contribution is -0.136. The highest BCUT2D eigenvalue weighted by Gasteiger charge is 2.33. The Kier molecular flexibility index (Phi) is 6.02. The van der Waals surface area contributed by atoms with E-state index in [9.17, 15) is 9.59 Å². The minimum absolute atomic E-state index is 0.0234. The molecule has 1 aromatic carbocycles. The van der Waals surface area contributed by atoms with Crippen molar-refractivity contribution in [1.82, 2.24) is 4.90 Å². The van der Waals surface area contributed by atoms with E-state index in [1.807, 2.05) is 23.1 Å². The fourth-order valence-electron chi connectivity index (χ4n) is 3.70. The van der Waals surface area contributed by atoms with Crippen LogP contribution in [-0.4, -0.2) is 53.4 Å². The molecule has 0 aliphatic carbocycles. The number of amides is 1. The molecule has 0 spiro atoms. The molecule has 0 saturated carbocycles. The van der Waals surface area contributed by atoms with Crippen LogP contribution in [0.15, 0.2) is 29.2 Å². The maximum absolute atomic E-state index is 13.0. The average Bonchev–Trinajstić information content (AvgIpc) is 3.12. The van der Waals surface area contributed by atoms with E-state index < -0.39 is 11.2 Å². The Balaban J connectivity index is 1.68. The van der Waals surface area contributed by atoms with Gasteiger partial charge in [0.1, 0.15) is 5.25 Å². The van der Waals surface area contributed by atoms with Gasteiger partial charge in [0.25, 0.3) is 5.91 Å². The lowest BCUT2D eigenvalue weighted by Crippen LogP contribution is -2.31. The number of thioether (sulfide) groups is 1. The van der Waals surface area contributed by atoms with Crippen LogP contribution in [0.1, 0.15) is 36.5 Å².